The molecule has 2 aromatic heterocycles. The van der Waals surface area contributed by atoms with E-state index in [2.05, 4.69) is 15.5 Å². The third kappa shape index (κ3) is 3.42. The van der Waals surface area contributed by atoms with Gasteiger partial charge in [0.05, 0.1) is 5.69 Å². The van der Waals surface area contributed by atoms with Crippen LogP contribution in [-0.4, -0.2) is 20.6 Å². The van der Waals surface area contributed by atoms with Gasteiger partial charge >= 0.3 is 0 Å². The van der Waals surface area contributed by atoms with Crippen molar-refractivity contribution in [2.75, 3.05) is 5.32 Å². The van der Waals surface area contributed by atoms with Gasteiger partial charge in [0.1, 0.15) is 17.3 Å². The summed E-state index contributed by atoms with van der Waals surface area (Å²) in [5.74, 6) is -0.264. The number of rotatable bonds is 4. The molecule has 0 spiro atoms. The van der Waals surface area contributed by atoms with Crippen LogP contribution in [-0.2, 0) is 0 Å². The van der Waals surface area contributed by atoms with Crippen molar-refractivity contribution in [3.63, 3.8) is 0 Å². The number of halogens is 1. The summed E-state index contributed by atoms with van der Waals surface area (Å²) >= 11 is 0. The van der Waals surface area contributed by atoms with Gasteiger partial charge < -0.3 is 14.4 Å². The van der Waals surface area contributed by atoms with Crippen LogP contribution in [0.4, 0.5) is 10.1 Å². The number of aromatic nitrogens is 3. The largest absolute Gasteiger partial charge is 0.350 e. The Morgan fingerprint density at radius 2 is 1.89 bits per heavy atom. The van der Waals surface area contributed by atoms with Gasteiger partial charge in [-0.1, -0.05) is 35.0 Å². The van der Waals surface area contributed by atoms with E-state index in [4.69, 9.17) is 4.52 Å². The Hall–Kier alpha value is -3.74. The van der Waals surface area contributed by atoms with Gasteiger partial charge in [0.2, 0.25) is 5.76 Å². The van der Waals surface area contributed by atoms with Crippen LogP contribution in [0.3, 0.4) is 0 Å². The number of nitrogens with zero attached hydrogens (tertiary/aromatic N) is 3. The first-order valence-corrected chi connectivity index (χ1v) is 8.66. The third-order valence-corrected chi connectivity index (χ3v) is 4.37. The van der Waals surface area contributed by atoms with Crippen LogP contribution < -0.4 is 5.32 Å². The zero-order valence-electron chi connectivity index (χ0n) is 15.3. The standard InChI is InChI=1S/C21H17FN4O2/c1-13-3-5-15(6-4-13)18-12-20(28-25-18)21(27)24-16-7-8-19(17(22)11-16)26-10-9-23-14(26)2/h3-12H,1-2H3,(H,24,27). The monoisotopic (exact) mass is 376 g/mol. The van der Waals surface area contributed by atoms with Crippen molar-refractivity contribution in [1.29, 1.82) is 0 Å². The molecule has 2 aromatic carbocycles. The molecule has 0 aliphatic heterocycles. The summed E-state index contributed by atoms with van der Waals surface area (Å²) < 4.78 is 21.2. The van der Waals surface area contributed by atoms with Crippen molar-refractivity contribution in [2.24, 2.45) is 0 Å². The molecule has 0 unspecified atom stereocenters. The van der Waals surface area contributed by atoms with Gasteiger partial charge in [0, 0.05) is 29.7 Å². The molecule has 1 N–H and O–H groups in total. The molecule has 6 nitrogen and oxygen atoms in total. The van der Waals surface area contributed by atoms with Gasteiger partial charge in [0.25, 0.3) is 5.91 Å². The number of nitrogens with one attached hydrogen (secondary N) is 1. The molecule has 0 fully saturated rings. The molecular formula is C21H17FN4O2. The molecule has 1 amide bonds. The predicted molar refractivity (Wildman–Crippen MR) is 103 cm³/mol. The van der Waals surface area contributed by atoms with Crippen molar-refractivity contribution < 1.29 is 13.7 Å². The molecule has 7 heteroatoms. The second kappa shape index (κ2) is 7.11. The van der Waals surface area contributed by atoms with Crippen LogP contribution in [0.25, 0.3) is 16.9 Å². The summed E-state index contributed by atoms with van der Waals surface area (Å²) in [6.45, 7) is 3.77. The highest BCUT2D eigenvalue weighted by atomic mass is 19.1. The first-order chi connectivity index (χ1) is 13.5. The zero-order chi connectivity index (χ0) is 19.7. The minimum Gasteiger partial charge on any atom is -0.350 e. The molecule has 0 atom stereocenters. The number of carbonyl (C=O) groups is 1. The Morgan fingerprint density at radius 3 is 2.57 bits per heavy atom. The summed E-state index contributed by atoms with van der Waals surface area (Å²) in [6.07, 6.45) is 3.27. The van der Waals surface area contributed by atoms with Crippen molar-refractivity contribution in [3.8, 4) is 16.9 Å². The first kappa shape index (κ1) is 17.7. The maximum Gasteiger partial charge on any atom is 0.294 e. The van der Waals surface area contributed by atoms with Crippen LogP contribution in [0.1, 0.15) is 21.9 Å². The van der Waals surface area contributed by atoms with Crippen LogP contribution in [0.5, 0.6) is 0 Å². The smallest absolute Gasteiger partial charge is 0.294 e. The van der Waals surface area contributed by atoms with E-state index in [0.717, 1.165) is 11.1 Å². The molecule has 0 radical (unpaired) electrons. The molecule has 4 rings (SSSR count). The number of hydrogen-bond donors (Lipinski definition) is 1. The summed E-state index contributed by atoms with van der Waals surface area (Å²) in [5, 5.41) is 6.56. The minimum absolute atomic E-state index is 0.0468. The fourth-order valence-electron chi connectivity index (χ4n) is 2.85. The summed E-state index contributed by atoms with van der Waals surface area (Å²) in [7, 11) is 0. The molecule has 0 bridgehead atoms. The molecule has 4 aromatic rings. The fourth-order valence-corrected chi connectivity index (χ4v) is 2.85. The van der Waals surface area contributed by atoms with E-state index >= 15 is 0 Å². The molecule has 0 saturated carbocycles. The van der Waals surface area contributed by atoms with Crippen LogP contribution in [0.15, 0.2) is 65.4 Å². The highest BCUT2D eigenvalue weighted by Crippen LogP contribution is 2.22. The van der Waals surface area contributed by atoms with Gasteiger partial charge in [0.15, 0.2) is 0 Å². The number of amides is 1. The predicted octanol–water partition coefficient (Wildman–Crippen LogP) is 4.54. The van der Waals surface area contributed by atoms with E-state index in [9.17, 15) is 9.18 Å². The van der Waals surface area contributed by atoms with E-state index < -0.39 is 11.7 Å². The summed E-state index contributed by atoms with van der Waals surface area (Å²) in [5.41, 5.74) is 3.20. The second-order valence-corrected chi connectivity index (χ2v) is 6.41. The van der Waals surface area contributed by atoms with E-state index in [1.54, 1.807) is 42.1 Å². The maximum absolute atomic E-state index is 14.5. The fraction of sp³-hybridized carbons (Fsp3) is 0.0952. The Morgan fingerprint density at radius 1 is 1.11 bits per heavy atom. The minimum atomic E-state index is -0.503. The topological polar surface area (TPSA) is 73.0 Å². The van der Waals surface area contributed by atoms with E-state index in [1.165, 1.54) is 6.07 Å². The number of carbonyl (C=O) groups excluding carboxylic acids is 1. The Bertz CT molecular complexity index is 1150. The zero-order valence-corrected chi connectivity index (χ0v) is 15.3. The lowest BCUT2D eigenvalue weighted by atomic mass is 10.1. The van der Waals surface area contributed by atoms with Crippen molar-refractivity contribution >= 4 is 11.6 Å². The quantitative estimate of drug-likeness (QED) is 0.568. The molecule has 28 heavy (non-hydrogen) atoms. The highest BCUT2D eigenvalue weighted by molar-refractivity contribution is 6.02. The Kier molecular flexibility index (Phi) is 4.49. The molecule has 0 aliphatic carbocycles. The first-order valence-electron chi connectivity index (χ1n) is 8.66. The lowest BCUT2D eigenvalue weighted by Gasteiger charge is -2.09. The van der Waals surface area contributed by atoms with Crippen molar-refractivity contribution in [2.45, 2.75) is 13.8 Å². The summed E-state index contributed by atoms with van der Waals surface area (Å²) in [6, 6.07) is 13.7. The van der Waals surface area contributed by atoms with Gasteiger partial charge in [-0.15, -0.1) is 0 Å². The molecule has 2 heterocycles. The molecular weight excluding hydrogens is 359 g/mol. The average molecular weight is 376 g/mol. The molecule has 0 saturated heterocycles. The van der Waals surface area contributed by atoms with Gasteiger partial charge in [-0.05, 0) is 32.0 Å². The number of anilines is 1. The van der Waals surface area contributed by atoms with Crippen LogP contribution >= 0.6 is 0 Å². The second-order valence-electron chi connectivity index (χ2n) is 6.41. The number of imidazole rings is 1. The van der Waals surface area contributed by atoms with E-state index in [0.29, 0.717) is 22.9 Å². The Balaban J connectivity index is 1.52. The van der Waals surface area contributed by atoms with Gasteiger partial charge in [-0.3, -0.25) is 4.79 Å². The van der Waals surface area contributed by atoms with Crippen LogP contribution in [0.2, 0.25) is 0 Å². The van der Waals surface area contributed by atoms with Gasteiger partial charge in [-0.25, -0.2) is 9.37 Å². The summed E-state index contributed by atoms with van der Waals surface area (Å²) in [4.78, 5) is 16.5. The lowest BCUT2D eigenvalue weighted by Crippen LogP contribution is -2.11. The Labute approximate surface area is 160 Å². The van der Waals surface area contributed by atoms with Gasteiger partial charge in [-0.2, -0.15) is 0 Å². The SMILES string of the molecule is Cc1ccc(-c2cc(C(=O)Nc3ccc(-n4ccnc4C)c(F)c3)on2)cc1. The molecule has 140 valence electrons. The average Bonchev–Trinajstić information content (AvgIpc) is 3.32. The maximum atomic E-state index is 14.5. The lowest BCUT2D eigenvalue weighted by molar-refractivity contribution is 0.0988. The number of aryl methyl sites for hydroxylation is 2. The van der Waals surface area contributed by atoms with Crippen LogP contribution in [0, 0.1) is 19.7 Å². The molecule has 0 aliphatic rings. The van der Waals surface area contributed by atoms with Crippen molar-refractivity contribution in [3.05, 3.63) is 83.9 Å². The highest BCUT2D eigenvalue weighted by Gasteiger charge is 2.15. The normalized spacial score (nSPS) is 10.8. The number of benzene rings is 2. The van der Waals surface area contributed by atoms with E-state index in [1.807, 2.05) is 31.2 Å². The third-order valence-electron chi connectivity index (χ3n) is 4.37. The van der Waals surface area contributed by atoms with E-state index in [-0.39, 0.29) is 5.76 Å². The van der Waals surface area contributed by atoms with Crippen molar-refractivity contribution in [1.82, 2.24) is 14.7 Å². The number of hydrogen-bond acceptors (Lipinski definition) is 4.